The number of urea groups is 1. The quantitative estimate of drug-likeness (QED) is 0.661. The zero-order chi connectivity index (χ0) is 12.4. The van der Waals surface area contributed by atoms with Crippen LogP contribution in [-0.2, 0) is 4.74 Å². The first-order chi connectivity index (χ1) is 8.86. The van der Waals surface area contributed by atoms with Crippen molar-refractivity contribution in [1.82, 2.24) is 9.80 Å². The molecule has 0 bridgehead atoms. The molecule has 0 N–H and O–H groups in total. The third-order valence-corrected chi connectivity index (χ3v) is 4.77. The van der Waals surface area contributed by atoms with Gasteiger partial charge >= 0.3 is 6.03 Å². The van der Waals surface area contributed by atoms with Gasteiger partial charge in [0.2, 0.25) is 0 Å². The van der Waals surface area contributed by atoms with E-state index in [0.29, 0.717) is 19.3 Å². The molecule has 1 saturated carbocycles. The first-order valence-electron chi connectivity index (χ1n) is 7.49. The molecule has 0 aromatic heterocycles. The number of morpholine rings is 1. The number of fused-ring (bicyclic) bond motifs is 1. The summed E-state index contributed by atoms with van der Waals surface area (Å²) in [5, 5.41) is 0. The third kappa shape index (κ3) is 2.35. The third-order valence-electron chi connectivity index (χ3n) is 4.77. The number of hydrogen-bond acceptors (Lipinski definition) is 2. The molecule has 2 atom stereocenters. The molecule has 0 aromatic carbocycles. The molecule has 3 aliphatic rings. The van der Waals surface area contributed by atoms with Gasteiger partial charge < -0.3 is 14.5 Å². The highest BCUT2D eigenvalue weighted by molar-refractivity contribution is 5.75. The minimum absolute atomic E-state index is 0.273. The Kier molecular flexibility index (Phi) is 3.73. The molecular weight excluding hydrogens is 228 g/mol. The van der Waals surface area contributed by atoms with Crippen LogP contribution in [0.15, 0.2) is 0 Å². The Morgan fingerprint density at radius 1 is 0.944 bits per heavy atom. The first kappa shape index (κ1) is 12.3. The second-order valence-corrected chi connectivity index (χ2v) is 5.83. The van der Waals surface area contributed by atoms with E-state index in [2.05, 4.69) is 4.90 Å². The Balaban J connectivity index is 1.67. The van der Waals surface area contributed by atoms with Gasteiger partial charge in [-0.15, -0.1) is 0 Å². The Morgan fingerprint density at radius 2 is 1.67 bits per heavy atom. The molecule has 3 fully saturated rings. The fourth-order valence-electron chi connectivity index (χ4n) is 3.80. The lowest BCUT2D eigenvalue weighted by atomic mass is 9.78. The van der Waals surface area contributed by atoms with E-state index >= 15 is 0 Å². The first-order valence-corrected chi connectivity index (χ1v) is 7.49. The second kappa shape index (κ2) is 5.47. The maximum absolute atomic E-state index is 12.6. The minimum atomic E-state index is 0.273. The van der Waals surface area contributed by atoms with Crippen LogP contribution in [0.3, 0.4) is 0 Å². The van der Waals surface area contributed by atoms with Crippen molar-refractivity contribution in [2.75, 3.05) is 32.8 Å². The van der Waals surface area contributed by atoms with E-state index < -0.39 is 0 Å². The molecule has 2 unspecified atom stereocenters. The van der Waals surface area contributed by atoms with Crippen LogP contribution in [0, 0.1) is 5.92 Å². The molecular formula is C14H24N2O2. The van der Waals surface area contributed by atoms with Crippen molar-refractivity contribution in [2.45, 2.75) is 44.6 Å². The van der Waals surface area contributed by atoms with E-state index in [1.165, 1.54) is 38.5 Å². The topological polar surface area (TPSA) is 32.8 Å². The van der Waals surface area contributed by atoms with Gasteiger partial charge in [0.25, 0.3) is 0 Å². The van der Waals surface area contributed by atoms with Gasteiger partial charge in [0.1, 0.15) is 0 Å². The van der Waals surface area contributed by atoms with Crippen molar-refractivity contribution in [3.8, 4) is 0 Å². The number of carbonyl (C=O) groups excluding carboxylic acids is 1. The maximum atomic E-state index is 12.6. The van der Waals surface area contributed by atoms with Crippen LogP contribution in [0.25, 0.3) is 0 Å². The number of hydrogen-bond donors (Lipinski definition) is 0. The molecule has 1 aliphatic carbocycles. The Labute approximate surface area is 109 Å². The molecule has 0 radical (unpaired) electrons. The number of amides is 2. The summed E-state index contributed by atoms with van der Waals surface area (Å²) in [6.45, 7) is 3.91. The lowest BCUT2D eigenvalue weighted by Gasteiger charge is -2.46. The van der Waals surface area contributed by atoms with Gasteiger partial charge in [0.15, 0.2) is 0 Å². The lowest BCUT2D eigenvalue weighted by molar-refractivity contribution is 0.0225. The summed E-state index contributed by atoms with van der Waals surface area (Å²) in [4.78, 5) is 16.8. The summed E-state index contributed by atoms with van der Waals surface area (Å²) in [6, 6.07) is 0.803. The van der Waals surface area contributed by atoms with Crippen LogP contribution < -0.4 is 0 Å². The molecule has 2 heterocycles. The molecule has 18 heavy (non-hydrogen) atoms. The van der Waals surface area contributed by atoms with E-state index in [0.717, 1.165) is 25.6 Å². The zero-order valence-electron chi connectivity index (χ0n) is 11.1. The molecule has 102 valence electrons. The Morgan fingerprint density at radius 3 is 2.50 bits per heavy atom. The van der Waals surface area contributed by atoms with E-state index in [-0.39, 0.29) is 6.03 Å². The summed E-state index contributed by atoms with van der Waals surface area (Å²) in [6.07, 6.45) is 7.74. The summed E-state index contributed by atoms with van der Waals surface area (Å²) in [5.41, 5.74) is 0. The highest BCUT2D eigenvalue weighted by atomic mass is 16.5. The molecule has 2 amide bonds. The summed E-state index contributed by atoms with van der Waals surface area (Å²) >= 11 is 0. The predicted molar refractivity (Wildman–Crippen MR) is 69.5 cm³/mol. The lowest BCUT2D eigenvalue weighted by Crippen LogP contribution is -2.56. The van der Waals surface area contributed by atoms with Crippen LogP contribution >= 0.6 is 0 Å². The summed E-state index contributed by atoms with van der Waals surface area (Å²) in [5.74, 6) is 0.775. The standard InChI is InChI=1S/C14H24N2O2/c17-14(15-8-10-18-11-9-15)16-7-3-5-12-4-1-2-6-13(12)16/h12-13H,1-11H2. The smallest absolute Gasteiger partial charge is 0.320 e. The van der Waals surface area contributed by atoms with Crippen molar-refractivity contribution in [3.63, 3.8) is 0 Å². The molecule has 3 rings (SSSR count). The average Bonchev–Trinajstić information content (AvgIpc) is 2.47. The van der Waals surface area contributed by atoms with Crippen LogP contribution in [0.5, 0.6) is 0 Å². The van der Waals surface area contributed by atoms with Gasteiger partial charge in [-0.3, -0.25) is 0 Å². The predicted octanol–water partition coefficient (Wildman–Crippen LogP) is 2.09. The van der Waals surface area contributed by atoms with Gasteiger partial charge in [-0.05, 0) is 31.6 Å². The Bertz CT molecular complexity index is 300. The number of likely N-dealkylation sites (tertiary alicyclic amines) is 1. The van der Waals surface area contributed by atoms with Crippen molar-refractivity contribution in [1.29, 1.82) is 0 Å². The number of rotatable bonds is 0. The largest absolute Gasteiger partial charge is 0.378 e. The second-order valence-electron chi connectivity index (χ2n) is 5.83. The molecule has 4 heteroatoms. The highest BCUT2D eigenvalue weighted by Crippen LogP contribution is 2.35. The van der Waals surface area contributed by atoms with Gasteiger partial charge in [-0.1, -0.05) is 12.8 Å². The van der Waals surface area contributed by atoms with Crippen LogP contribution in [0.1, 0.15) is 38.5 Å². The molecule has 2 aliphatic heterocycles. The van der Waals surface area contributed by atoms with Gasteiger partial charge in [-0.25, -0.2) is 4.79 Å². The number of nitrogens with zero attached hydrogens (tertiary/aromatic N) is 2. The normalized spacial score (nSPS) is 33.1. The van der Waals surface area contributed by atoms with E-state index in [1.54, 1.807) is 0 Å². The molecule has 0 spiro atoms. The molecule has 0 aromatic rings. The fraction of sp³-hybridized carbons (Fsp3) is 0.929. The van der Waals surface area contributed by atoms with Crippen molar-refractivity contribution in [2.24, 2.45) is 5.92 Å². The fourth-order valence-corrected chi connectivity index (χ4v) is 3.80. The van der Waals surface area contributed by atoms with Crippen LogP contribution in [0.4, 0.5) is 4.79 Å². The van der Waals surface area contributed by atoms with Crippen LogP contribution in [0.2, 0.25) is 0 Å². The maximum Gasteiger partial charge on any atom is 0.320 e. The van der Waals surface area contributed by atoms with E-state index in [1.807, 2.05) is 4.90 Å². The molecule has 2 saturated heterocycles. The summed E-state index contributed by atoms with van der Waals surface area (Å²) < 4.78 is 5.33. The number of ether oxygens (including phenoxy) is 1. The SMILES string of the molecule is O=C(N1CCOCC1)N1CCCC2CCCCC21. The minimum Gasteiger partial charge on any atom is -0.378 e. The average molecular weight is 252 g/mol. The van der Waals surface area contributed by atoms with Crippen LogP contribution in [-0.4, -0.2) is 54.7 Å². The number of piperidine rings is 1. The van der Waals surface area contributed by atoms with Crippen molar-refractivity contribution in [3.05, 3.63) is 0 Å². The monoisotopic (exact) mass is 252 g/mol. The summed E-state index contributed by atoms with van der Waals surface area (Å²) in [7, 11) is 0. The zero-order valence-corrected chi connectivity index (χ0v) is 11.1. The molecule has 4 nitrogen and oxygen atoms in total. The van der Waals surface area contributed by atoms with Gasteiger partial charge in [0.05, 0.1) is 13.2 Å². The van der Waals surface area contributed by atoms with E-state index in [9.17, 15) is 4.79 Å². The van der Waals surface area contributed by atoms with Crippen molar-refractivity contribution < 1.29 is 9.53 Å². The van der Waals surface area contributed by atoms with Gasteiger partial charge in [-0.2, -0.15) is 0 Å². The number of carbonyl (C=O) groups is 1. The van der Waals surface area contributed by atoms with E-state index in [4.69, 9.17) is 4.74 Å². The Hall–Kier alpha value is -0.770. The highest BCUT2D eigenvalue weighted by Gasteiger charge is 2.37. The van der Waals surface area contributed by atoms with Crippen molar-refractivity contribution >= 4 is 6.03 Å². The van der Waals surface area contributed by atoms with Gasteiger partial charge in [0, 0.05) is 25.7 Å².